The fraction of sp³-hybridized carbons (Fsp3) is 0.561. The van der Waals surface area contributed by atoms with Gasteiger partial charge in [-0.15, -0.1) is 0 Å². The van der Waals surface area contributed by atoms with E-state index in [1.807, 2.05) is 62.4 Å². The second-order valence-electron chi connectivity index (χ2n) is 15.9. The molecule has 0 spiro atoms. The summed E-state index contributed by atoms with van der Waals surface area (Å²) in [6.45, 7) is 10.4. The number of benzene rings is 2. The lowest BCUT2D eigenvalue weighted by Gasteiger charge is -2.29. The van der Waals surface area contributed by atoms with E-state index in [0.29, 0.717) is 50.6 Å². The Balaban J connectivity index is 0.000000226. The van der Waals surface area contributed by atoms with Crippen LogP contribution in [0.2, 0.25) is 0 Å². The molecule has 2 aromatic carbocycles. The number of fused-ring (bicyclic) bond motifs is 2. The van der Waals surface area contributed by atoms with E-state index in [-0.39, 0.29) is 23.6 Å². The minimum atomic E-state index is -5.08. The number of anilines is 2. The fourth-order valence-corrected chi connectivity index (χ4v) is 6.42. The zero-order valence-corrected chi connectivity index (χ0v) is 33.6. The topological polar surface area (TPSA) is 200 Å². The summed E-state index contributed by atoms with van der Waals surface area (Å²) in [4.78, 5) is 75.7. The van der Waals surface area contributed by atoms with Crippen molar-refractivity contribution in [3.8, 4) is 0 Å². The molecule has 318 valence electrons. The Hall–Kier alpha value is -5.19. The molecule has 2 aliphatic carbocycles. The zero-order valence-electron chi connectivity index (χ0n) is 33.6. The van der Waals surface area contributed by atoms with Crippen molar-refractivity contribution < 1.29 is 51.8 Å². The van der Waals surface area contributed by atoms with E-state index in [9.17, 15) is 37.1 Å². The number of aliphatic carboxylic acids is 1. The Morgan fingerprint density at radius 3 is 1.53 bits per heavy atom. The monoisotopic (exact) mass is 816 g/mol. The lowest BCUT2D eigenvalue weighted by Crippen LogP contribution is -2.55. The molecule has 5 amide bonds. The Kier molecular flexibility index (Phi) is 15.3. The number of nitrogens with one attached hydrogen (secondary N) is 3. The molecule has 6 rings (SSSR count). The Morgan fingerprint density at radius 2 is 1.17 bits per heavy atom. The lowest BCUT2D eigenvalue weighted by molar-refractivity contribution is -0.192. The van der Waals surface area contributed by atoms with E-state index in [1.165, 1.54) is 12.8 Å². The molecule has 0 radical (unpaired) electrons. The van der Waals surface area contributed by atoms with Crippen LogP contribution in [0.25, 0.3) is 0 Å². The number of hydrogen-bond acceptors (Lipinski definition) is 8. The van der Waals surface area contributed by atoms with E-state index < -0.39 is 48.0 Å². The van der Waals surface area contributed by atoms with Crippen molar-refractivity contribution in [1.82, 2.24) is 16.0 Å². The molecular formula is C41H55F3N6O8. The highest BCUT2D eigenvalue weighted by atomic mass is 19.4. The largest absolute Gasteiger partial charge is 0.490 e. The van der Waals surface area contributed by atoms with Crippen LogP contribution in [0, 0.1) is 11.8 Å². The van der Waals surface area contributed by atoms with Gasteiger partial charge in [0.05, 0.1) is 6.04 Å². The summed E-state index contributed by atoms with van der Waals surface area (Å²) < 4.78 is 37.0. The van der Waals surface area contributed by atoms with Gasteiger partial charge in [-0.05, 0) is 94.4 Å². The molecule has 0 saturated heterocycles. The van der Waals surface area contributed by atoms with Crippen molar-refractivity contribution in [2.24, 2.45) is 17.6 Å². The summed E-state index contributed by atoms with van der Waals surface area (Å²) in [6.07, 6.45) is 0.942. The number of halogens is 3. The summed E-state index contributed by atoms with van der Waals surface area (Å²) in [7, 11) is 0. The molecule has 0 unspecified atom stereocenters. The van der Waals surface area contributed by atoms with Crippen molar-refractivity contribution in [2.45, 2.75) is 122 Å². The molecule has 0 bridgehead atoms. The highest BCUT2D eigenvalue weighted by molar-refractivity contribution is 6.07. The van der Waals surface area contributed by atoms with Gasteiger partial charge in [0.2, 0.25) is 23.6 Å². The van der Waals surface area contributed by atoms with Crippen LogP contribution in [0.4, 0.5) is 29.3 Å². The van der Waals surface area contributed by atoms with Crippen LogP contribution < -0.4 is 31.5 Å². The molecular weight excluding hydrogens is 761 g/mol. The number of carbonyl (C=O) groups excluding carboxylic acids is 5. The summed E-state index contributed by atoms with van der Waals surface area (Å²) in [5, 5.41) is 15.8. The van der Waals surface area contributed by atoms with Crippen LogP contribution in [0.15, 0.2) is 48.5 Å². The number of nitrogens with zero attached hydrogens (tertiary/aromatic N) is 2. The van der Waals surface area contributed by atoms with Crippen molar-refractivity contribution in [2.75, 3.05) is 22.9 Å². The van der Waals surface area contributed by atoms with Crippen molar-refractivity contribution in [1.29, 1.82) is 0 Å². The lowest BCUT2D eigenvalue weighted by atomic mass is 10.1. The van der Waals surface area contributed by atoms with Gasteiger partial charge in [-0.25, -0.2) is 9.59 Å². The molecule has 2 fully saturated rings. The maximum absolute atomic E-state index is 13.4. The predicted octanol–water partition coefficient (Wildman–Crippen LogP) is 4.61. The molecule has 58 heavy (non-hydrogen) atoms. The quantitative estimate of drug-likeness (QED) is 0.215. The third-order valence-electron chi connectivity index (χ3n) is 9.95. The molecule has 2 aromatic rings. The number of ether oxygens (including phenoxy) is 1. The normalized spacial score (nSPS) is 19.1. The number of alkyl carbamates (subject to hydrolysis) is 1. The second-order valence-corrected chi connectivity index (χ2v) is 15.9. The molecule has 2 heterocycles. The third-order valence-corrected chi connectivity index (χ3v) is 9.95. The average molecular weight is 817 g/mol. The van der Waals surface area contributed by atoms with E-state index in [4.69, 9.17) is 20.4 Å². The van der Waals surface area contributed by atoms with Crippen LogP contribution >= 0.6 is 0 Å². The first-order chi connectivity index (χ1) is 27.2. The molecule has 0 aromatic heterocycles. The molecule has 4 atom stereocenters. The van der Waals surface area contributed by atoms with Gasteiger partial charge in [-0.1, -0.05) is 50.2 Å². The number of carboxylic acid groups (broad SMARTS) is 1. The summed E-state index contributed by atoms with van der Waals surface area (Å²) in [6, 6.07) is 12.8. The van der Waals surface area contributed by atoms with Crippen molar-refractivity contribution in [3.05, 3.63) is 59.7 Å². The maximum atomic E-state index is 13.4. The van der Waals surface area contributed by atoms with E-state index >= 15 is 0 Å². The van der Waals surface area contributed by atoms with Gasteiger partial charge in [-0.3, -0.25) is 29.0 Å². The number of amides is 5. The average Bonchev–Trinajstić information content (AvgIpc) is 4.10. The van der Waals surface area contributed by atoms with Crippen LogP contribution in [0.5, 0.6) is 0 Å². The van der Waals surface area contributed by atoms with Gasteiger partial charge in [0.25, 0.3) is 0 Å². The minimum absolute atomic E-state index is 0.0697. The summed E-state index contributed by atoms with van der Waals surface area (Å²) in [5.41, 5.74) is 8.81. The zero-order chi connectivity index (χ0) is 42.9. The van der Waals surface area contributed by atoms with Crippen molar-refractivity contribution in [3.63, 3.8) is 0 Å². The third kappa shape index (κ3) is 12.7. The fourth-order valence-electron chi connectivity index (χ4n) is 6.42. The van der Waals surface area contributed by atoms with Gasteiger partial charge < -0.3 is 31.5 Å². The number of hydrogen-bond donors (Lipinski definition) is 5. The van der Waals surface area contributed by atoms with Gasteiger partial charge in [0.1, 0.15) is 23.7 Å². The summed E-state index contributed by atoms with van der Waals surface area (Å²) >= 11 is 0. The molecule has 17 heteroatoms. The molecule has 6 N–H and O–H groups in total. The molecule has 2 saturated carbocycles. The first-order valence-electron chi connectivity index (χ1n) is 19.7. The second kappa shape index (κ2) is 19.5. The Labute approximate surface area is 336 Å². The minimum Gasteiger partial charge on any atom is -0.475 e. The molecule has 4 aliphatic rings. The first kappa shape index (κ1) is 45.5. The van der Waals surface area contributed by atoms with E-state index in [2.05, 4.69) is 16.0 Å². The van der Waals surface area contributed by atoms with Gasteiger partial charge >= 0.3 is 18.2 Å². The number of carboxylic acids is 1. The van der Waals surface area contributed by atoms with Crippen LogP contribution in [-0.2, 0) is 41.6 Å². The number of carbonyl (C=O) groups is 6. The van der Waals surface area contributed by atoms with E-state index in [1.54, 1.807) is 30.6 Å². The highest BCUT2D eigenvalue weighted by Gasteiger charge is 2.42. The SMILES string of the molecule is CC[C@H](N)C(=O)N1c2ccccc2C[C@H]1C(=O)NCC1CC1.CC[C@H](NC(=O)OC(C)(C)C)C(=O)N1c2ccccc2C[C@H]1C(=O)NCC1CC1.O=C(O)C(F)(F)F. The smallest absolute Gasteiger partial charge is 0.475 e. The van der Waals surface area contributed by atoms with Gasteiger partial charge in [0, 0.05) is 37.3 Å². The number of rotatable bonds is 11. The number of nitrogens with two attached hydrogens (primary N) is 1. The Morgan fingerprint density at radius 1 is 0.759 bits per heavy atom. The van der Waals surface area contributed by atoms with Crippen molar-refractivity contribution >= 4 is 47.1 Å². The highest BCUT2D eigenvalue weighted by Crippen LogP contribution is 2.35. The van der Waals surface area contributed by atoms with Crippen LogP contribution in [-0.4, -0.2) is 89.8 Å². The predicted molar refractivity (Wildman–Crippen MR) is 210 cm³/mol. The standard InChI is InChI=1S/C22H31N3O4.C17H23N3O2.C2HF3O2/c1-5-16(24-21(28)29-22(2,3)4)20(27)25-17-9-7-6-8-15(17)12-18(25)19(26)23-13-14-10-11-14;1-2-13(18)17(22)20-14-6-4-3-5-12(14)9-15(20)16(21)19-10-11-7-8-11;3-2(4,5)1(6)7/h6-9,14,16,18H,5,10-13H2,1-4H3,(H,23,26)(H,24,28);3-6,11,13,15H,2,7-10,18H2,1H3,(H,19,21);(H,6,7)/t16-,18-;13-,15-;/m00./s1. The Bertz CT molecular complexity index is 1810. The van der Waals surface area contributed by atoms with Gasteiger partial charge in [-0.2, -0.15) is 13.2 Å². The number of alkyl halides is 3. The molecule has 2 aliphatic heterocycles. The van der Waals surface area contributed by atoms with Gasteiger partial charge in [0.15, 0.2) is 0 Å². The van der Waals surface area contributed by atoms with E-state index in [0.717, 1.165) is 35.3 Å². The summed E-state index contributed by atoms with van der Waals surface area (Å²) in [5.74, 6) is -2.26. The molecule has 14 nitrogen and oxygen atoms in total. The number of para-hydroxylation sites is 2. The van der Waals surface area contributed by atoms with Crippen LogP contribution in [0.3, 0.4) is 0 Å². The maximum Gasteiger partial charge on any atom is 0.490 e. The first-order valence-corrected chi connectivity index (χ1v) is 19.7. The van der Waals surface area contributed by atoms with Crippen LogP contribution in [0.1, 0.15) is 84.3 Å².